The highest BCUT2D eigenvalue weighted by molar-refractivity contribution is 9.09. The van der Waals surface area contributed by atoms with Gasteiger partial charge in [0.1, 0.15) is 0 Å². The van der Waals surface area contributed by atoms with Crippen molar-refractivity contribution in [1.29, 1.82) is 0 Å². The van der Waals surface area contributed by atoms with Crippen molar-refractivity contribution in [3.63, 3.8) is 0 Å². The van der Waals surface area contributed by atoms with Crippen molar-refractivity contribution in [2.75, 3.05) is 0 Å². The van der Waals surface area contributed by atoms with E-state index in [9.17, 15) is 0 Å². The molecule has 0 amide bonds. The molecule has 0 bridgehead atoms. The summed E-state index contributed by atoms with van der Waals surface area (Å²) in [4.78, 5) is 4.46. The predicted octanol–water partition coefficient (Wildman–Crippen LogP) is 4.38. The summed E-state index contributed by atoms with van der Waals surface area (Å²) in [5, 5.41) is 0.759. The second kappa shape index (κ2) is 5.02. The summed E-state index contributed by atoms with van der Waals surface area (Å²) in [5.41, 5.74) is 4.12. The van der Waals surface area contributed by atoms with Gasteiger partial charge in [-0.25, -0.2) is 0 Å². The first kappa shape index (κ1) is 12.2. The van der Waals surface area contributed by atoms with E-state index in [0.29, 0.717) is 10.7 Å². The average Bonchev–Trinajstić information content (AvgIpc) is 2.34. The zero-order valence-corrected chi connectivity index (χ0v) is 12.2. The van der Waals surface area contributed by atoms with Crippen LogP contribution in [0.4, 0.5) is 0 Å². The van der Waals surface area contributed by atoms with Crippen LogP contribution in [0.15, 0.2) is 42.7 Å². The van der Waals surface area contributed by atoms with E-state index < -0.39 is 0 Å². The molecule has 1 heterocycles. The highest BCUT2D eigenvalue weighted by Gasteiger charge is 2.31. The summed E-state index contributed by atoms with van der Waals surface area (Å²) >= 11 is 9.97. The first-order valence-corrected chi connectivity index (χ1v) is 7.35. The van der Waals surface area contributed by atoms with Crippen molar-refractivity contribution in [1.82, 2.24) is 4.98 Å². The smallest absolute Gasteiger partial charge is 0.0621 e. The molecule has 1 aromatic carbocycles. The topological polar surface area (TPSA) is 12.9 Å². The van der Waals surface area contributed by atoms with E-state index in [0.717, 1.165) is 23.4 Å². The van der Waals surface area contributed by atoms with Crippen molar-refractivity contribution in [2.45, 2.75) is 23.6 Å². The molecule has 2 aromatic rings. The number of nitrogens with zero attached hydrogens (tertiary/aromatic N) is 1. The van der Waals surface area contributed by atoms with E-state index in [1.165, 1.54) is 11.1 Å². The molecular weight excluding hydrogens is 310 g/mol. The van der Waals surface area contributed by atoms with Crippen LogP contribution in [0, 0.1) is 0 Å². The fourth-order valence-electron chi connectivity index (χ4n) is 2.54. The lowest BCUT2D eigenvalue weighted by molar-refractivity contribution is 0.580. The maximum atomic E-state index is 6.15. The molecule has 3 heteroatoms. The quantitative estimate of drug-likeness (QED) is 0.764. The second-order valence-corrected chi connectivity index (χ2v) is 6.28. The molecule has 0 spiro atoms. The Morgan fingerprint density at radius 2 is 2.17 bits per heavy atom. The predicted molar refractivity (Wildman–Crippen MR) is 78.6 cm³/mol. The Morgan fingerprint density at radius 3 is 2.94 bits per heavy atom. The molecule has 2 unspecified atom stereocenters. The van der Waals surface area contributed by atoms with E-state index in [4.69, 9.17) is 11.6 Å². The van der Waals surface area contributed by atoms with Crippen LogP contribution in [0.1, 0.15) is 22.6 Å². The Balaban J connectivity index is 1.75. The molecule has 1 nitrogen and oxygen atoms in total. The molecule has 0 fully saturated rings. The maximum Gasteiger partial charge on any atom is 0.0621 e. The molecule has 1 aromatic heterocycles. The first-order chi connectivity index (χ1) is 8.75. The number of aromatic nitrogens is 1. The number of pyridine rings is 1. The SMILES string of the molecule is Clc1cnccc1CC(Br)C1Cc2ccccc21. The van der Waals surface area contributed by atoms with Gasteiger partial charge >= 0.3 is 0 Å². The first-order valence-electron chi connectivity index (χ1n) is 6.06. The third-order valence-corrected chi connectivity index (χ3v) is 4.90. The Bertz CT molecular complexity index is 570. The molecule has 2 atom stereocenters. The van der Waals surface area contributed by atoms with Gasteiger partial charge in [0.05, 0.1) is 5.02 Å². The van der Waals surface area contributed by atoms with E-state index in [-0.39, 0.29) is 0 Å². The highest BCUT2D eigenvalue weighted by atomic mass is 79.9. The standard InChI is InChI=1S/C15H13BrClN/c16-14(8-11-5-6-18-9-15(11)17)13-7-10-3-1-2-4-12(10)13/h1-6,9,13-14H,7-8H2. The third kappa shape index (κ3) is 2.19. The highest BCUT2D eigenvalue weighted by Crippen LogP contribution is 2.41. The third-order valence-electron chi connectivity index (χ3n) is 3.60. The minimum absolute atomic E-state index is 0.437. The van der Waals surface area contributed by atoms with Gasteiger partial charge in [0, 0.05) is 23.1 Å². The molecular formula is C15H13BrClN. The Hall–Kier alpha value is -0.860. The van der Waals surface area contributed by atoms with Crippen molar-refractivity contribution >= 4 is 27.5 Å². The minimum Gasteiger partial charge on any atom is -0.263 e. The number of hydrogen-bond donors (Lipinski definition) is 0. The fourth-order valence-corrected chi connectivity index (χ4v) is 3.56. The summed E-state index contributed by atoms with van der Waals surface area (Å²) in [6.45, 7) is 0. The Labute approximate surface area is 120 Å². The second-order valence-electron chi connectivity index (χ2n) is 4.70. The molecule has 0 radical (unpaired) electrons. The van der Waals surface area contributed by atoms with Gasteiger partial charge in [0.25, 0.3) is 0 Å². The molecule has 18 heavy (non-hydrogen) atoms. The lowest BCUT2D eigenvalue weighted by Gasteiger charge is -2.34. The van der Waals surface area contributed by atoms with Crippen LogP contribution in [-0.4, -0.2) is 9.81 Å². The average molecular weight is 323 g/mol. The van der Waals surface area contributed by atoms with E-state index in [1.54, 1.807) is 12.4 Å². The molecule has 1 aliphatic carbocycles. The van der Waals surface area contributed by atoms with Gasteiger partial charge in [-0.3, -0.25) is 4.98 Å². The number of benzene rings is 1. The summed E-state index contributed by atoms with van der Waals surface area (Å²) in [5.74, 6) is 0.602. The van der Waals surface area contributed by atoms with Gasteiger partial charge in [-0.15, -0.1) is 0 Å². The molecule has 0 saturated heterocycles. The van der Waals surface area contributed by atoms with Gasteiger partial charge in [0.15, 0.2) is 0 Å². The van der Waals surface area contributed by atoms with Gasteiger partial charge < -0.3 is 0 Å². The van der Waals surface area contributed by atoms with Gasteiger partial charge in [-0.05, 0) is 35.6 Å². The van der Waals surface area contributed by atoms with Gasteiger partial charge in [-0.2, -0.15) is 0 Å². The zero-order valence-electron chi connectivity index (χ0n) is 9.81. The van der Waals surface area contributed by atoms with Crippen LogP contribution in [0.2, 0.25) is 5.02 Å². The monoisotopic (exact) mass is 321 g/mol. The van der Waals surface area contributed by atoms with Crippen LogP contribution in [-0.2, 0) is 12.8 Å². The molecule has 3 rings (SSSR count). The molecule has 0 saturated carbocycles. The number of hydrogen-bond acceptors (Lipinski definition) is 1. The minimum atomic E-state index is 0.437. The Kier molecular flexibility index (Phi) is 3.40. The molecule has 1 aliphatic rings. The Morgan fingerprint density at radius 1 is 1.33 bits per heavy atom. The normalized spacial score (nSPS) is 18.9. The summed E-state index contributed by atoms with van der Waals surface area (Å²) < 4.78 is 0. The van der Waals surface area contributed by atoms with Crippen molar-refractivity contribution in [3.8, 4) is 0 Å². The fraction of sp³-hybridized carbons (Fsp3) is 0.267. The summed E-state index contributed by atoms with van der Waals surface area (Å²) in [6, 6.07) is 10.7. The van der Waals surface area contributed by atoms with Crippen molar-refractivity contribution in [3.05, 3.63) is 64.4 Å². The van der Waals surface area contributed by atoms with Crippen LogP contribution in [0.25, 0.3) is 0 Å². The lowest BCUT2D eigenvalue weighted by atomic mass is 9.75. The van der Waals surface area contributed by atoms with Gasteiger partial charge in [-0.1, -0.05) is 51.8 Å². The number of alkyl halides is 1. The molecule has 0 aliphatic heterocycles. The number of fused-ring (bicyclic) bond motifs is 1. The van der Waals surface area contributed by atoms with Crippen molar-refractivity contribution < 1.29 is 0 Å². The maximum absolute atomic E-state index is 6.15. The number of rotatable bonds is 3. The molecule has 0 N–H and O–H groups in total. The number of halogens is 2. The summed E-state index contributed by atoms with van der Waals surface area (Å²) in [6.07, 6.45) is 5.62. The van der Waals surface area contributed by atoms with E-state index >= 15 is 0 Å². The van der Waals surface area contributed by atoms with Crippen LogP contribution in [0.5, 0.6) is 0 Å². The van der Waals surface area contributed by atoms with E-state index in [2.05, 4.69) is 45.2 Å². The van der Waals surface area contributed by atoms with Crippen LogP contribution >= 0.6 is 27.5 Å². The van der Waals surface area contributed by atoms with Gasteiger partial charge in [0.2, 0.25) is 0 Å². The zero-order chi connectivity index (χ0) is 12.5. The lowest BCUT2D eigenvalue weighted by Crippen LogP contribution is -2.26. The van der Waals surface area contributed by atoms with Crippen LogP contribution < -0.4 is 0 Å². The van der Waals surface area contributed by atoms with Crippen molar-refractivity contribution in [2.24, 2.45) is 0 Å². The van der Waals surface area contributed by atoms with E-state index in [1.807, 2.05) is 6.07 Å². The summed E-state index contributed by atoms with van der Waals surface area (Å²) in [7, 11) is 0. The van der Waals surface area contributed by atoms with Crippen LogP contribution in [0.3, 0.4) is 0 Å². The largest absolute Gasteiger partial charge is 0.263 e. The molecule has 92 valence electrons.